The zero-order valence-electron chi connectivity index (χ0n) is 15.7. The van der Waals surface area contributed by atoms with E-state index in [9.17, 15) is 14.0 Å². The second-order valence-corrected chi connectivity index (χ2v) is 6.08. The standard InChI is InChI=1S/C20H24FN5O2/c1-23-20(24-10-9-14-3-2-4-17(21)11-14)26-12-15-5-7-16(8-6-15)19(28)25-13-18(22)27/h2-8,11H,9-10,12-13H2,1H3,(H2,22,27)(H,25,28)(H2,23,24,26). The predicted octanol–water partition coefficient (Wildman–Crippen LogP) is 0.949. The lowest BCUT2D eigenvalue weighted by molar-refractivity contribution is -0.117. The summed E-state index contributed by atoms with van der Waals surface area (Å²) >= 11 is 0. The number of rotatable bonds is 8. The minimum Gasteiger partial charge on any atom is -0.368 e. The third-order valence-corrected chi connectivity index (χ3v) is 3.92. The zero-order valence-corrected chi connectivity index (χ0v) is 15.7. The molecule has 0 radical (unpaired) electrons. The van der Waals surface area contributed by atoms with Gasteiger partial charge >= 0.3 is 0 Å². The number of halogens is 1. The number of amides is 2. The second-order valence-electron chi connectivity index (χ2n) is 6.08. The van der Waals surface area contributed by atoms with Crippen LogP contribution in [0.1, 0.15) is 21.5 Å². The summed E-state index contributed by atoms with van der Waals surface area (Å²) in [7, 11) is 1.67. The maximum Gasteiger partial charge on any atom is 0.251 e. The first-order chi connectivity index (χ1) is 13.5. The largest absolute Gasteiger partial charge is 0.368 e. The Morgan fingerprint density at radius 3 is 2.43 bits per heavy atom. The van der Waals surface area contributed by atoms with Gasteiger partial charge in [0.25, 0.3) is 5.91 Å². The molecule has 0 heterocycles. The molecule has 2 rings (SSSR count). The summed E-state index contributed by atoms with van der Waals surface area (Å²) in [5, 5.41) is 8.78. The number of hydrogen-bond donors (Lipinski definition) is 4. The average molecular weight is 385 g/mol. The van der Waals surface area contributed by atoms with E-state index in [0.717, 1.165) is 11.1 Å². The lowest BCUT2D eigenvalue weighted by Gasteiger charge is -2.12. The van der Waals surface area contributed by atoms with Gasteiger partial charge in [0.1, 0.15) is 5.82 Å². The fourth-order valence-corrected chi connectivity index (χ4v) is 2.47. The summed E-state index contributed by atoms with van der Waals surface area (Å²) in [6.45, 7) is 0.935. The van der Waals surface area contributed by atoms with Crippen LogP contribution in [0.15, 0.2) is 53.5 Å². The molecule has 0 saturated carbocycles. The van der Waals surface area contributed by atoms with Crippen LogP contribution in [0.25, 0.3) is 0 Å². The number of hydrogen-bond acceptors (Lipinski definition) is 3. The Labute approximate surface area is 163 Å². The van der Waals surface area contributed by atoms with Gasteiger partial charge in [0.15, 0.2) is 5.96 Å². The Balaban J connectivity index is 1.78. The van der Waals surface area contributed by atoms with Gasteiger partial charge in [0.2, 0.25) is 5.91 Å². The van der Waals surface area contributed by atoms with Crippen LogP contribution in [0.4, 0.5) is 4.39 Å². The van der Waals surface area contributed by atoms with Crippen molar-refractivity contribution in [1.82, 2.24) is 16.0 Å². The van der Waals surface area contributed by atoms with Crippen LogP contribution >= 0.6 is 0 Å². The van der Waals surface area contributed by atoms with Crippen molar-refractivity contribution >= 4 is 17.8 Å². The van der Waals surface area contributed by atoms with Crippen molar-refractivity contribution in [1.29, 1.82) is 0 Å². The maximum atomic E-state index is 13.2. The van der Waals surface area contributed by atoms with Gasteiger partial charge in [-0.1, -0.05) is 24.3 Å². The second kappa shape index (κ2) is 10.7. The summed E-state index contributed by atoms with van der Waals surface area (Å²) in [5.41, 5.74) is 7.32. The van der Waals surface area contributed by atoms with E-state index < -0.39 is 5.91 Å². The molecule has 28 heavy (non-hydrogen) atoms. The molecule has 0 aliphatic heterocycles. The van der Waals surface area contributed by atoms with E-state index in [4.69, 9.17) is 5.73 Å². The van der Waals surface area contributed by atoms with Crippen LogP contribution in [0.2, 0.25) is 0 Å². The Morgan fingerprint density at radius 2 is 1.79 bits per heavy atom. The van der Waals surface area contributed by atoms with Crippen LogP contribution in [0.5, 0.6) is 0 Å². The first kappa shape index (κ1) is 20.9. The van der Waals surface area contributed by atoms with Gasteiger partial charge in [-0.05, 0) is 41.8 Å². The number of benzene rings is 2. The molecule has 0 aliphatic rings. The third-order valence-electron chi connectivity index (χ3n) is 3.92. The van der Waals surface area contributed by atoms with Gasteiger partial charge in [-0.25, -0.2) is 4.39 Å². The quantitative estimate of drug-likeness (QED) is 0.401. The smallest absolute Gasteiger partial charge is 0.251 e. The van der Waals surface area contributed by atoms with E-state index in [2.05, 4.69) is 20.9 Å². The number of primary amides is 1. The van der Waals surface area contributed by atoms with E-state index in [1.807, 2.05) is 18.2 Å². The molecule has 0 atom stereocenters. The fourth-order valence-electron chi connectivity index (χ4n) is 2.47. The molecule has 0 saturated heterocycles. The van der Waals surface area contributed by atoms with E-state index in [-0.39, 0.29) is 18.3 Å². The monoisotopic (exact) mass is 385 g/mol. The predicted molar refractivity (Wildman–Crippen MR) is 106 cm³/mol. The van der Waals surface area contributed by atoms with Crippen LogP contribution in [0, 0.1) is 5.82 Å². The molecule has 0 unspecified atom stereocenters. The number of nitrogens with two attached hydrogens (primary N) is 1. The minimum absolute atomic E-state index is 0.195. The van der Waals surface area contributed by atoms with Gasteiger partial charge in [0, 0.05) is 25.7 Å². The molecule has 0 bridgehead atoms. The molecular weight excluding hydrogens is 361 g/mol. The normalized spacial score (nSPS) is 11.0. The number of aliphatic imine (C=N–C) groups is 1. The van der Waals surface area contributed by atoms with Crippen LogP contribution in [-0.4, -0.2) is 37.9 Å². The topological polar surface area (TPSA) is 109 Å². The zero-order chi connectivity index (χ0) is 20.4. The van der Waals surface area contributed by atoms with Crippen molar-refractivity contribution in [2.45, 2.75) is 13.0 Å². The molecule has 2 amide bonds. The summed E-state index contributed by atoms with van der Waals surface area (Å²) in [5.74, 6) is -0.565. The number of nitrogens with zero attached hydrogens (tertiary/aromatic N) is 1. The van der Waals surface area contributed by atoms with Crippen molar-refractivity contribution in [3.05, 3.63) is 71.0 Å². The molecular formula is C20H24FN5O2. The van der Waals surface area contributed by atoms with Gasteiger partial charge in [-0.2, -0.15) is 0 Å². The lowest BCUT2D eigenvalue weighted by atomic mass is 10.1. The summed E-state index contributed by atoms with van der Waals surface area (Å²) in [6.07, 6.45) is 0.674. The third kappa shape index (κ3) is 7.06. The highest BCUT2D eigenvalue weighted by atomic mass is 19.1. The number of guanidine groups is 1. The van der Waals surface area contributed by atoms with Crippen molar-refractivity contribution < 1.29 is 14.0 Å². The number of nitrogens with one attached hydrogen (secondary N) is 3. The van der Waals surface area contributed by atoms with Crippen molar-refractivity contribution in [3.63, 3.8) is 0 Å². The summed E-state index contributed by atoms with van der Waals surface area (Å²) < 4.78 is 13.2. The van der Waals surface area contributed by atoms with Crippen molar-refractivity contribution in [2.24, 2.45) is 10.7 Å². The molecule has 0 aromatic heterocycles. The van der Waals surface area contributed by atoms with Gasteiger partial charge in [-0.3, -0.25) is 14.6 Å². The molecule has 8 heteroatoms. The fraction of sp³-hybridized carbons (Fsp3) is 0.250. The van der Waals surface area contributed by atoms with E-state index in [1.165, 1.54) is 12.1 Å². The Morgan fingerprint density at radius 1 is 1.04 bits per heavy atom. The van der Waals surface area contributed by atoms with Gasteiger partial charge < -0.3 is 21.7 Å². The highest BCUT2D eigenvalue weighted by Crippen LogP contribution is 2.05. The molecule has 148 valence electrons. The summed E-state index contributed by atoms with van der Waals surface area (Å²) in [4.78, 5) is 26.7. The molecule has 5 N–H and O–H groups in total. The number of carbonyl (C=O) groups excluding carboxylic acids is 2. The maximum absolute atomic E-state index is 13.2. The molecule has 0 spiro atoms. The van der Waals surface area contributed by atoms with Crippen LogP contribution < -0.4 is 21.7 Å². The molecule has 2 aromatic rings. The van der Waals surface area contributed by atoms with Gasteiger partial charge in [-0.15, -0.1) is 0 Å². The first-order valence-electron chi connectivity index (χ1n) is 8.82. The first-order valence-corrected chi connectivity index (χ1v) is 8.82. The Hall–Kier alpha value is -3.42. The Kier molecular flexibility index (Phi) is 7.95. The van der Waals surface area contributed by atoms with Crippen LogP contribution in [0.3, 0.4) is 0 Å². The molecule has 0 fully saturated rings. The minimum atomic E-state index is -0.592. The Bertz CT molecular complexity index is 837. The van der Waals surface area contributed by atoms with E-state index in [1.54, 1.807) is 25.2 Å². The van der Waals surface area contributed by atoms with Gasteiger partial charge in [0.05, 0.1) is 6.54 Å². The molecule has 2 aromatic carbocycles. The summed E-state index contributed by atoms with van der Waals surface area (Å²) in [6, 6.07) is 13.5. The highest BCUT2D eigenvalue weighted by molar-refractivity contribution is 5.96. The van der Waals surface area contributed by atoms with Crippen molar-refractivity contribution in [3.8, 4) is 0 Å². The van der Waals surface area contributed by atoms with E-state index >= 15 is 0 Å². The SMILES string of the molecule is CN=C(NCCc1cccc(F)c1)NCc1ccc(C(=O)NCC(N)=O)cc1. The highest BCUT2D eigenvalue weighted by Gasteiger charge is 2.06. The van der Waals surface area contributed by atoms with Crippen molar-refractivity contribution in [2.75, 3.05) is 20.1 Å². The van der Waals surface area contributed by atoms with E-state index in [0.29, 0.717) is 31.0 Å². The molecule has 7 nitrogen and oxygen atoms in total. The number of carbonyl (C=O) groups is 2. The lowest BCUT2D eigenvalue weighted by Crippen LogP contribution is -2.37. The average Bonchev–Trinajstić information content (AvgIpc) is 2.69. The molecule has 0 aliphatic carbocycles. The van der Waals surface area contributed by atoms with Crippen LogP contribution in [-0.2, 0) is 17.8 Å².